The molecule has 1 heterocycles. The van der Waals surface area contributed by atoms with Crippen molar-refractivity contribution in [2.45, 2.75) is 19.8 Å². The molecule has 0 radical (unpaired) electrons. The number of hydrogen-bond acceptors (Lipinski definition) is 5. The summed E-state index contributed by atoms with van der Waals surface area (Å²) in [5.41, 5.74) is 0.815. The minimum atomic E-state index is -0.519. The van der Waals surface area contributed by atoms with E-state index in [1.165, 1.54) is 7.11 Å². The lowest BCUT2D eigenvalue weighted by Gasteiger charge is -2.08. The number of aromatic nitrogens is 2. The van der Waals surface area contributed by atoms with E-state index in [2.05, 4.69) is 20.0 Å². The molecule has 5 heteroatoms. The summed E-state index contributed by atoms with van der Waals surface area (Å²) < 4.78 is 4.58. The van der Waals surface area contributed by atoms with Crippen molar-refractivity contribution in [2.24, 2.45) is 0 Å². The van der Waals surface area contributed by atoms with E-state index in [9.17, 15) is 4.79 Å². The second-order valence-electron chi connectivity index (χ2n) is 3.40. The van der Waals surface area contributed by atoms with Crippen LogP contribution in [0, 0.1) is 0 Å². The van der Waals surface area contributed by atoms with Crippen LogP contribution in [0.1, 0.15) is 36.1 Å². The molecule has 1 aromatic heterocycles. The molecule has 0 saturated heterocycles. The molecule has 0 spiro atoms. The minimum Gasteiger partial charge on any atom is -0.463 e. The molecule has 5 nitrogen and oxygen atoms in total. The molecule has 1 N–H and O–H groups in total. The summed E-state index contributed by atoms with van der Waals surface area (Å²) in [6.45, 7) is 4.01. The van der Waals surface area contributed by atoms with E-state index in [1.807, 2.05) is 19.9 Å². The lowest BCUT2D eigenvalue weighted by Crippen LogP contribution is -2.11. The van der Waals surface area contributed by atoms with Crippen LogP contribution >= 0.6 is 0 Å². The molecule has 1 aromatic rings. The van der Waals surface area contributed by atoms with Crippen molar-refractivity contribution >= 4 is 11.8 Å². The predicted molar refractivity (Wildman–Crippen MR) is 57.0 cm³/mol. The van der Waals surface area contributed by atoms with Crippen molar-refractivity contribution in [1.82, 2.24) is 9.97 Å². The Bertz CT molecular complexity index is 364. The van der Waals surface area contributed by atoms with Gasteiger partial charge in [-0.25, -0.2) is 14.8 Å². The van der Waals surface area contributed by atoms with E-state index < -0.39 is 5.97 Å². The highest BCUT2D eigenvalue weighted by molar-refractivity contribution is 5.85. The second kappa shape index (κ2) is 4.72. The summed E-state index contributed by atoms with van der Waals surface area (Å²) >= 11 is 0. The summed E-state index contributed by atoms with van der Waals surface area (Å²) in [5.74, 6) is 0.430. The van der Waals surface area contributed by atoms with Gasteiger partial charge in [0.25, 0.3) is 0 Å². The Kier molecular flexibility index (Phi) is 3.60. The molecule has 0 bridgehead atoms. The third-order valence-electron chi connectivity index (χ3n) is 1.96. The van der Waals surface area contributed by atoms with E-state index >= 15 is 0 Å². The van der Waals surface area contributed by atoms with Crippen molar-refractivity contribution in [3.8, 4) is 0 Å². The molecule has 15 heavy (non-hydrogen) atoms. The summed E-state index contributed by atoms with van der Waals surface area (Å²) in [6, 6.07) is 1.82. The van der Waals surface area contributed by atoms with Gasteiger partial charge in [0.15, 0.2) is 0 Å². The number of nitrogens with zero attached hydrogens (tertiary/aromatic N) is 2. The Hall–Kier alpha value is -1.65. The smallest absolute Gasteiger partial charge is 0.376 e. The van der Waals surface area contributed by atoms with Crippen molar-refractivity contribution in [1.29, 1.82) is 0 Å². The summed E-state index contributed by atoms with van der Waals surface area (Å²) in [6.07, 6.45) is 0. The van der Waals surface area contributed by atoms with Gasteiger partial charge in [-0.15, -0.1) is 0 Å². The topological polar surface area (TPSA) is 64.1 Å². The number of esters is 1. The van der Waals surface area contributed by atoms with Gasteiger partial charge in [0.1, 0.15) is 5.82 Å². The molecule has 0 unspecified atom stereocenters. The number of carbonyl (C=O) groups excluding carboxylic acids is 1. The molecule has 1 rings (SSSR count). The Morgan fingerprint density at radius 2 is 2.13 bits per heavy atom. The highest BCUT2D eigenvalue weighted by atomic mass is 16.5. The van der Waals surface area contributed by atoms with Gasteiger partial charge >= 0.3 is 5.97 Å². The van der Waals surface area contributed by atoms with E-state index in [0.717, 1.165) is 5.69 Å². The predicted octanol–water partition coefficient (Wildman–Crippen LogP) is 1.43. The van der Waals surface area contributed by atoms with Crippen molar-refractivity contribution in [2.75, 3.05) is 19.5 Å². The third-order valence-corrected chi connectivity index (χ3v) is 1.96. The van der Waals surface area contributed by atoms with Gasteiger partial charge < -0.3 is 10.1 Å². The molecular formula is C10H15N3O2. The summed E-state index contributed by atoms with van der Waals surface area (Å²) in [5, 5.41) is 2.88. The molecule has 0 aliphatic carbocycles. The fraction of sp³-hybridized carbons (Fsp3) is 0.500. The molecule has 0 amide bonds. The zero-order valence-corrected chi connectivity index (χ0v) is 9.37. The summed E-state index contributed by atoms with van der Waals surface area (Å²) in [7, 11) is 3.06. The SMILES string of the molecule is CNc1cc(C(C)C)nc(C(=O)OC)n1. The first-order valence-corrected chi connectivity index (χ1v) is 4.73. The van der Waals surface area contributed by atoms with Crippen LogP contribution in [0.4, 0.5) is 5.82 Å². The summed E-state index contributed by atoms with van der Waals surface area (Å²) in [4.78, 5) is 19.4. The van der Waals surface area contributed by atoms with E-state index in [1.54, 1.807) is 7.05 Å². The maximum atomic E-state index is 11.3. The lowest BCUT2D eigenvalue weighted by molar-refractivity contribution is 0.0586. The number of nitrogens with one attached hydrogen (secondary N) is 1. The highest BCUT2D eigenvalue weighted by Crippen LogP contribution is 2.15. The van der Waals surface area contributed by atoms with Crippen molar-refractivity contribution in [3.63, 3.8) is 0 Å². The van der Waals surface area contributed by atoms with Gasteiger partial charge in [-0.2, -0.15) is 0 Å². The van der Waals surface area contributed by atoms with E-state index in [0.29, 0.717) is 5.82 Å². The van der Waals surface area contributed by atoms with Crippen LogP contribution in [-0.4, -0.2) is 30.1 Å². The van der Waals surface area contributed by atoms with Crippen LogP contribution in [0.5, 0.6) is 0 Å². The third kappa shape index (κ3) is 2.65. The molecule has 0 aliphatic rings. The van der Waals surface area contributed by atoms with Gasteiger partial charge in [-0.05, 0) is 5.92 Å². The number of rotatable bonds is 3. The Labute approximate surface area is 88.9 Å². The molecule has 0 saturated carbocycles. The maximum absolute atomic E-state index is 11.3. The van der Waals surface area contributed by atoms with E-state index in [-0.39, 0.29) is 11.7 Å². The van der Waals surface area contributed by atoms with Gasteiger partial charge in [0, 0.05) is 18.8 Å². The Morgan fingerprint density at radius 3 is 2.60 bits per heavy atom. The molecule has 0 fully saturated rings. The number of methoxy groups -OCH3 is 1. The maximum Gasteiger partial charge on any atom is 0.376 e. The zero-order valence-electron chi connectivity index (χ0n) is 9.37. The Balaban J connectivity index is 3.17. The first-order chi connectivity index (χ1) is 7.08. The fourth-order valence-electron chi connectivity index (χ4n) is 1.07. The number of carbonyl (C=O) groups is 1. The Morgan fingerprint density at radius 1 is 1.47 bits per heavy atom. The number of hydrogen-bond donors (Lipinski definition) is 1. The molecular weight excluding hydrogens is 194 g/mol. The lowest BCUT2D eigenvalue weighted by atomic mass is 10.1. The van der Waals surface area contributed by atoms with Crippen LogP contribution in [-0.2, 0) is 4.74 Å². The quantitative estimate of drug-likeness (QED) is 0.763. The van der Waals surface area contributed by atoms with Crippen molar-refractivity contribution < 1.29 is 9.53 Å². The van der Waals surface area contributed by atoms with Gasteiger partial charge in [0.2, 0.25) is 5.82 Å². The van der Waals surface area contributed by atoms with E-state index in [4.69, 9.17) is 0 Å². The first kappa shape index (κ1) is 11.4. The average Bonchev–Trinajstić information content (AvgIpc) is 2.27. The monoisotopic (exact) mass is 209 g/mol. The molecule has 0 aromatic carbocycles. The van der Waals surface area contributed by atoms with Crippen LogP contribution in [0.3, 0.4) is 0 Å². The highest BCUT2D eigenvalue weighted by Gasteiger charge is 2.13. The van der Waals surface area contributed by atoms with Gasteiger partial charge in [0.05, 0.1) is 7.11 Å². The zero-order chi connectivity index (χ0) is 11.4. The molecule has 0 atom stereocenters. The molecule has 82 valence electrons. The van der Waals surface area contributed by atoms with Crippen LogP contribution in [0.2, 0.25) is 0 Å². The fourth-order valence-corrected chi connectivity index (χ4v) is 1.07. The van der Waals surface area contributed by atoms with Crippen molar-refractivity contribution in [3.05, 3.63) is 17.6 Å². The second-order valence-corrected chi connectivity index (χ2v) is 3.40. The van der Waals surface area contributed by atoms with Gasteiger partial charge in [-0.3, -0.25) is 0 Å². The first-order valence-electron chi connectivity index (χ1n) is 4.73. The van der Waals surface area contributed by atoms with Gasteiger partial charge in [-0.1, -0.05) is 13.8 Å². The normalized spacial score (nSPS) is 10.2. The number of ether oxygens (including phenoxy) is 1. The largest absolute Gasteiger partial charge is 0.463 e. The van der Waals surface area contributed by atoms with Crippen LogP contribution in [0.25, 0.3) is 0 Å². The minimum absolute atomic E-state index is 0.0908. The number of anilines is 1. The van der Waals surface area contributed by atoms with Crippen LogP contribution < -0.4 is 5.32 Å². The standard InChI is InChI=1S/C10H15N3O2/c1-6(2)7-5-8(11-3)13-9(12-7)10(14)15-4/h5-6H,1-4H3,(H,11,12,13). The average molecular weight is 209 g/mol. The van der Waals surface area contributed by atoms with Crippen LogP contribution in [0.15, 0.2) is 6.07 Å². The molecule has 0 aliphatic heterocycles.